The fourth-order valence-corrected chi connectivity index (χ4v) is 1.72. The number of esters is 1. The summed E-state index contributed by atoms with van der Waals surface area (Å²) in [5, 5.41) is 11.9. The zero-order valence-electron chi connectivity index (χ0n) is 10.7. The highest BCUT2D eigenvalue weighted by Crippen LogP contribution is 2.08. The van der Waals surface area contributed by atoms with Gasteiger partial charge in [-0.05, 0) is 6.92 Å². The van der Waals surface area contributed by atoms with E-state index in [0.717, 1.165) is 10.0 Å². The average Bonchev–Trinajstić information content (AvgIpc) is 2.80. The van der Waals surface area contributed by atoms with Crippen LogP contribution in [0.3, 0.4) is 0 Å². The third kappa shape index (κ3) is 6.63. The second kappa shape index (κ2) is 8.33. The van der Waals surface area contributed by atoms with Gasteiger partial charge in [0.15, 0.2) is 0 Å². The summed E-state index contributed by atoms with van der Waals surface area (Å²) in [4.78, 5) is 22.1. The molecule has 0 aliphatic heterocycles. The number of methoxy groups -OCH3 is 1. The van der Waals surface area contributed by atoms with E-state index in [1.807, 2.05) is 6.92 Å². The van der Waals surface area contributed by atoms with Gasteiger partial charge < -0.3 is 14.8 Å². The van der Waals surface area contributed by atoms with E-state index < -0.39 is 5.97 Å². The van der Waals surface area contributed by atoms with E-state index in [9.17, 15) is 9.59 Å². The van der Waals surface area contributed by atoms with E-state index in [-0.39, 0.29) is 25.7 Å². The predicted molar refractivity (Wildman–Crippen MR) is 68.5 cm³/mol. The molecular formula is C11H15N3O4S. The van der Waals surface area contributed by atoms with Crippen molar-refractivity contribution in [2.75, 3.05) is 20.3 Å². The minimum atomic E-state index is -0.461. The number of nitrogens with zero attached hydrogens (tertiary/aromatic N) is 2. The summed E-state index contributed by atoms with van der Waals surface area (Å²) in [5.41, 5.74) is 0. The molecule has 0 saturated heterocycles. The Bertz CT molecular complexity index is 459. The number of nitrogens with one attached hydrogen (secondary N) is 1. The minimum Gasteiger partial charge on any atom is -0.466 e. The third-order valence-corrected chi connectivity index (χ3v) is 2.71. The van der Waals surface area contributed by atoms with Crippen LogP contribution in [0.15, 0.2) is 12.2 Å². The monoisotopic (exact) mass is 285 g/mol. The molecule has 1 heterocycles. The number of hydrogen-bond acceptors (Lipinski definition) is 7. The molecule has 0 aromatic carbocycles. The van der Waals surface area contributed by atoms with Crippen LogP contribution in [0.25, 0.3) is 0 Å². The summed E-state index contributed by atoms with van der Waals surface area (Å²) in [5.74, 6) is -0.729. The van der Waals surface area contributed by atoms with Crippen LogP contribution in [0.1, 0.15) is 10.0 Å². The topological polar surface area (TPSA) is 90.4 Å². The Balaban J connectivity index is 2.11. The van der Waals surface area contributed by atoms with E-state index in [2.05, 4.69) is 20.3 Å². The SMILES string of the molecule is COC(=O)/C=C/CNC(=O)COCc1nnc(C)s1. The Morgan fingerprint density at radius 3 is 2.84 bits per heavy atom. The smallest absolute Gasteiger partial charge is 0.330 e. The van der Waals surface area contributed by atoms with Gasteiger partial charge in [0.2, 0.25) is 5.91 Å². The maximum absolute atomic E-state index is 11.3. The van der Waals surface area contributed by atoms with Gasteiger partial charge in [-0.3, -0.25) is 4.79 Å². The van der Waals surface area contributed by atoms with Crippen LogP contribution in [-0.4, -0.2) is 42.3 Å². The molecule has 0 spiro atoms. The van der Waals surface area contributed by atoms with Crippen molar-refractivity contribution >= 4 is 23.2 Å². The van der Waals surface area contributed by atoms with Crippen molar-refractivity contribution in [3.63, 3.8) is 0 Å². The fraction of sp³-hybridized carbons (Fsp3) is 0.455. The van der Waals surface area contributed by atoms with E-state index in [1.54, 1.807) is 0 Å². The number of rotatable bonds is 7. The Hall–Kier alpha value is -1.80. The lowest BCUT2D eigenvalue weighted by atomic mass is 10.5. The Morgan fingerprint density at radius 1 is 1.42 bits per heavy atom. The van der Waals surface area contributed by atoms with Crippen molar-refractivity contribution in [1.29, 1.82) is 0 Å². The molecule has 7 nitrogen and oxygen atoms in total. The van der Waals surface area contributed by atoms with E-state index >= 15 is 0 Å². The normalized spacial score (nSPS) is 10.6. The van der Waals surface area contributed by atoms with Crippen LogP contribution >= 0.6 is 11.3 Å². The van der Waals surface area contributed by atoms with Crippen molar-refractivity contribution in [1.82, 2.24) is 15.5 Å². The summed E-state index contributed by atoms with van der Waals surface area (Å²) in [6, 6.07) is 0. The summed E-state index contributed by atoms with van der Waals surface area (Å²) in [6.07, 6.45) is 2.74. The first-order chi connectivity index (χ1) is 9.11. The molecule has 1 amide bonds. The molecule has 0 fully saturated rings. The van der Waals surface area contributed by atoms with Crippen molar-refractivity contribution in [2.45, 2.75) is 13.5 Å². The first kappa shape index (κ1) is 15.3. The van der Waals surface area contributed by atoms with Crippen molar-refractivity contribution in [3.8, 4) is 0 Å². The van der Waals surface area contributed by atoms with Crippen LogP contribution in [0.4, 0.5) is 0 Å². The van der Waals surface area contributed by atoms with E-state index in [1.165, 1.54) is 30.6 Å². The Morgan fingerprint density at radius 2 is 2.21 bits per heavy atom. The molecule has 0 bridgehead atoms. The molecule has 0 radical (unpaired) electrons. The predicted octanol–water partition coefficient (Wildman–Crippen LogP) is 0.209. The van der Waals surface area contributed by atoms with Gasteiger partial charge in [-0.1, -0.05) is 17.4 Å². The Kier molecular flexibility index (Phi) is 6.69. The second-order valence-corrected chi connectivity index (χ2v) is 4.70. The summed E-state index contributed by atoms with van der Waals surface area (Å²) >= 11 is 1.43. The van der Waals surface area contributed by atoms with E-state index in [4.69, 9.17) is 4.74 Å². The maximum Gasteiger partial charge on any atom is 0.330 e. The van der Waals surface area contributed by atoms with Crippen LogP contribution in [-0.2, 0) is 25.7 Å². The van der Waals surface area contributed by atoms with Crippen LogP contribution in [0.2, 0.25) is 0 Å². The zero-order chi connectivity index (χ0) is 14.1. The minimum absolute atomic E-state index is 0.0648. The number of carbonyl (C=O) groups is 2. The molecule has 0 unspecified atom stereocenters. The largest absolute Gasteiger partial charge is 0.466 e. The van der Waals surface area contributed by atoms with Gasteiger partial charge in [0.05, 0.1) is 7.11 Å². The summed E-state index contributed by atoms with van der Waals surface area (Å²) in [6.45, 7) is 2.29. The lowest BCUT2D eigenvalue weighted by Gasteiger charge is -2.02. The molecule has 1 rings (SSSR count). The van der Waals surface area contributed by atoms with Gasteiger partial charge in [0, 0.05) is 12.6 Å². The van der Waals surface area contributed by atoms with Crippen LogP contribution in [0.5, 0.6) is 0 Å². The summed E-state index contributed by atoms with van der Waals surface area (Å²) < 4.78 is 9.57. The van der Waals surface area contributed by atoms with Crippen LogP contribution in [0, 0.1) is 6.92 Å². The second-order valence-electron chi connectivity index (χ2n) is 3.44. The molecule has 0 atom stereocenters. The number of ether oxygens (including phenoxy) is 2. The molecule has 0 aliphatic rings. The highest BCUT2D eigenvalue weighted by atomic mass is 32.1. The molecule has 19 heavy (non-hydrogen) atoms. The molecule has 8 heteroatoms. The number of hydrogen-bond donors (Lipinski definition) is 1. The number of amides is 1. The highest BCUT2D eigenvalue weighted by molar-refractivity contribution is 7.11. The summed E-state index contributed by atoms with van der Waals surface area (Å²) in [7, 11) is 1.29. The lowest BCUT2D eigenvalue weighted by Crippen LogP contribution is -2.27. The molecule has 0 saturated carbocycles. The quantitative estimate of drug-likeness (QED) is 0.569. The molecular weight excluding hydrogens is 270 g/mol. The van der Waals surface area contributed by atoms with Gasteiger partial charge in [0.25, 0.3) is 0 Å². The molecule has 1 aromatic heterocycles. The van der Waals surface area contributed by atoms with Gasteiger partial charge in [-0.15, -0.1) is 10.2 Å². The maximum atomic E-state index is 11.3. The molecule has 1 aromatic rings. The first-order valence-electron chi connectivity index (χ1n) is 5.49. The van der Waals surface area contributed by atoms with Crippen molar-refractivity contribution < 1.29 is 19.1 Å². The fourth-order valence-electron chi connectivity index (χ4n) is 1.07. The first-order valence-corrected chi connectivity index (χ1v) is 6.31. The Labute approximate surface area is 114 Å². The average molecular weight is 285 g/mol. The van der Waals surface area contributed by atoms with Crippen molar-refractivity contribution in [2.24, 2.45) is 0 Å². The van der Waals surface area contributed by atoms with Gasteiger partial charge in [-0.25, -0.2) is 4.79 Å². The van der Waals surface area contributed by atoms with E-state index in [0.29, 0.717) is 0 Å². The van der Waals surface area contributed by atoms with Crippen molar-refractivity contribution in [3.05, 3.63) is 22.2 Å². The van der Waals surface area contributed by atoms with Gasteiger partial charge in [-0.2, -0.15) is 0 Å². The molecule has 104 valence electrons. The molecule has 0 aliphatic carbocycles. The third-order valence-electron chi connectivity index (χ3n) is 1.90. The number of aryl methyl sites for hydroxylation is 1. The lowest BCUT2D eigenvalue weighted by molar-refractivity contribution is -0.135. The molecule has 1 N–H and O–H groups in total. The number of aromatic nitrogens is 2. The zero-order valence-corrected chi connectivity index (χ0v) is 11.5. The standard InChI is InChI=1S/C11H15N3O4S/c1-8-13-14-10(19-8)7-18-6-9(15)12-5-3-4-11(16)17-2/h3-4H,5-7H2,1-2H3,(H,12,15)/b4-3+. The van der Waals surface area contributed by atoms with Crippen LogP contribution < -0.4 is 5.32 Å². The van der Waals surface area contributed by atoms with Gasteiger partial charge >= 0.3 is 5.97 Å². The highest BCUT2D eigenvalue weighted by Gasteiger charge is 2.03. The number of carbonyl (C=O) groups excluding carboxylic acids is 2. The van der Waals surface area contributed by atoms with Gasteiger partial charge in [0.1, 0.15) is 23.2 Å².